The van der Waals surface area contributed by atoms with E-state index in [2.05, 4.69) is 43.5 Å². The number of carbonyl (C=O) groups is 1. The number of rotatable bonds is 39. The van der Waals surface area contributed by atoms with Crippen LogP contribution in [0.1, 0.15) is 232 Å². The first-order valence-corrected chi connectivity index (χ1v) is 21.5. The lowest BCUT2D eigenvalue weighted by molar-refractivity contribution is -0.123. The number of carbonyl (C=O) groups excluding carboxylic acids is 1. The van der Waals surface area contributed by atoms with Gasteiger partial charge in [0.05, 0.1) is 18.8 Å². The zero-order valence-electron chi connectivity index (χ0n) is 32.5. The van der Waals surface area contributed by atoms with Gasteiger partial charge in [0.2, 0.25) is 5.91 Å². The molecule has 0 radical (unpaired) electrons. The summed E-state index contributed by atoms with van der Waals surface area (Å²) >= 11 is 0. The quantitative estimate of drug-likeness (QED) is 0.0448. The van der Waals surface area contributed by atoms with E-state index in [0.29, 0.717) is 12.8 Å². The van der Waals surface area contributed by atoms with E-state index in [9.17, 15) is 15.0 Å². The normalized spacial score (nSPS) is 13.2. The van der Waals surface area contributed by atoms with Gasteiger partial charge in [0.15, 0.2) is 0 Å². The molecule has 0 aromatic rings. The van der Waals surface area contributed by atoms with Gasteiger partial charge < -0.3 is 15.5 Å². The van der Waals surface area contributed by atoms with E-state index >= 15 is 0 Å². The maximum absolute atomic E-state index is 12.4. The molecular weight excluding hydrogens is 590 g/mol. The van der Waals surface area contributed by atoms with Gasteiger partial charge >= 0.3 is 0 Å². The molecule has 0 aromatic carbocycles. The summed E-state index contributed by atoms with van der Waals surface area (Å²) in [5.41, 5.74) is 0. The number of hydrogen-bond acceptors (Lipinski definition) is 3. The number of nitrogens with one attached hydrogen (secondary N) is 1. The maximum Gasteiger partial charge on any atom is 0.220 e. The van der Waals surface area contributed by atoms with Crippen LogP contribution in [0.15, 0.2) is 24.3 Å². The van der Waals surface area contributed by atoms with E-state index in [1.54, 1.807) is 0 Å². The molecule has 0 heterocycles. The fourth-order valence-corrected chi connectivity index (χ4v) is 6.63. The van der Waals surface area contributed by atoms with Crippen LogP contribution in [0.4, 0.5) is 0 Å². The summed E-state index contributed by atoms with van der Waals surface area (Å²) in [7, 11) is 0. The molecule has 0 aromatic heterocycles. The van der Waals surface area contributed by atoms with Crippen molar-refractivity contribution in [2.45, 2.75) is 244 Å². The van der Waals surface area contributed by atoms with Crippen LogP contribution in [-0.4, -0.2) is 34.9 Å². The van der Waals surface area contributed by atoms with Crippen molar-refractivity contribution in [3.05, 3.63) is 24.3 Å². The Bertz CT molecular complexity index is 691. The fraction of sp³-hybridized carbons (Fsp3) is 0.886. The molecule has 0 fully saturated rings. The van der Waals surface area contributed by atoms with Crippen molar-refractivity contribution in [3.63, 3.8) is 0 Å². The number of amides is 1. The minimum Gasteiger partial charge on any atom is -0.394 e. The molecule has 3 N–H and O–H groups in total. The molecule has 2 atom stereocenters. The zero-order valence-corrected chi connectivity index (χ0v) is 32.5. The van der Waals surface area contributed by atoms with Crippen molar-refractivity contribution in [2.24, 2.45) is 0 Å². The van der Waals surface area contributed by atoms with E-state index in [4.69, 9.17) is 0 Å². The molecule has 4 heteroatoms. The second-order valence-electron chi connectivity index (χ2n) is 14.8. The Kier molecular flexibility index (Phi) is 39.4. The summed E-state index contributed by atoms with van der Waals surface area (Å²) in [5.74, 6) is -0.0324. The molecule has 0 rings (SSSR count). The van der Waals surface area contributed by atoms with Gasteiger partial charge in [0.1, 0.15) is 0 Å². The summed E-state index contributed by atoms with van der Waals surface area (Å²) in [6.07, 6.45) is 51.1. The van der Waals surface area contributed by atoms with Crippen molar-refractivity contribution in [3.8, 4) is 0 Å². The van der Waals surface area contributed by atoms with Crippen molar-refractivity contribution >= 4 is 5.91 Å². The van der Waals surface area contributed by atoms with E-state index < -0.39 is 12.1 Å². The van der Waals surface area contributed by atoms with Gasteiger partial charge in [-0.2, -0.15) is 0 Å². The topological polar surface area (TPSA) is 69.6 Å². The second-order valence-corrected chi connectivity index (χ2v) is 14.8. The summed E-state index contributed by atoms with van der Waals surface area (Å²) in [5, 5.41) is 23.1. The molecule has 0 saturated carbocycles. The number of unbranched alkanes of at least 4 members (excludes halogenated alkanes) is 28. The lowest BCUT2D eigenvalue weighted by Crippen LogP contribution is -2.45. The Balaban J connectivity index is 3.47. The van der Waals surface area contributed by atoms with Gasteiger partial charge in [0, 0.05) is 6.42 Å². The molecule has 0 aliphatic heterocycles. The SMILES string of the molecule is CCCCCCC/C=C\C/C=C\CCCCCCCCCCCCCCCC(=O)NC(CO)C(O)CCCCCCCCCCCCC. The first-order valence-electron chi connectivity index (χ1n) is 21.5. The molecule has 1 amide bonds. The first kappa shape index (κ1) is 46.9. The largest absolute Gasteiger partial charge is 0.394 e. The zero-order chi connectivity index (χ0) is 35.0. The molecule has 0 spiro atoms. The van der Waals surface area contributed by atoms with Crippen LogP contribution >= 0.6 is 0 Å². The van der Waals surface area contributed by atoms with Crippen LogP contribution in [-0.2, 0) is 4.79 Å². The lowest BCUT2D eigenvalue weighted by Gasteiger charge is -2.22. The van der Waals surface area contributed by atoms with Crippen LogP contribution in [0.5, 0.6) is 0 Å². The summed E-state index contributed by atoms with van der Waals surface area (Å²) in [4.78, 5) is 12.4. The van der Waals surface area contributed by atoms with Crippen LogP contribution < -0.4 is 5.32 Å². The Morgan fingerprint density at radius 1 is 0.500 bits per heavy atom. The summed E-state index contributed by atoms with van der Waals surface area (Å²) in [6, 6.07) is -0.533. The monoisotopic (exact) mass is 676 g/mol. The molecule has 0 saturated heterocycles. The Morgan fingerprint density at radius 3 is 1.25 bits per heavy atom. The van der Waals surface area contributed by atoms with Crippen molar-refractivity contribution in [2.75, 3.05) is 6.61 Å². The number of allylic oxidation sites excluding steroid dienone is 4. The van der Waals surface area contributed by atoms with Crippen LogP contribution in [0, 0.1) is 0 Å². The third-order valence-corrected chi connectivity index (χ3v) is 9.97. The van der Waals surface area contributed by atoms with Gasteiger partial charge in [-0.25, -0.2) is 0 Å². The van der Waals surface area contributed by atoms with Gasteiger partial charge in [-0.3, -0.25) is 4.79 Å². The highest BCUT2D eigenvalue weighted by Gasteiger charge is 2.20. The molecule has 284 valence electrons. The number of aliphatic hydroxyl groups excluding tert-OH is 2. The molecule has 48 heavy (non-hydrogen) atoms. The van der Waals surface area contributed by atoms with Crippen molar-refractivity contribution < 1.29 is 15.0 Å². The van der Waals surface area contributed by atoms with Crippen molar-refractivity contribution in [1.29, 1.82) is 0 Å². The third-order valence-electron chi connectivity index (χ3n) is 9.97. The Hall–Kier alpha value is -1.13. The molecule has 4 nitrogen and oxygen atoms in total. The van der Waals surface area contributed by atoms with Gasteiger partial charge in [-0.15, -0.1) is 0 Å². The highest BCUT2D eigenvalue weighted by Crippen LogP contribution is 2.15. The predicted octanol–water partition coefficient (Wildman–Crippen LogP) is 13.2. The number of aliphatic hydroxyl groups is 2. The van der Waals surface area contributed by atoms with Crippen molar-refractivity contribution in [1.82, 2.24) is 5.32 Å². The minimum absolute atomic E-state index is 0.0324. The average molecular weight is 676 g/mol. The van der Waals surface area contributed by atoms with E-state index in [-0.39, 0.29) is 12.5 Å². The highest BCUT2D eigenvalue weighted by molar-refractivity contribution is 5.76. The second kappa shape index (κ2) is 40.3. The van der Waals surface area contributed by atoms with Gasteiger partial charge in [0.25, 0.3) is 0 Å². The van der Waals surface area contributed by atoms with E-state index in [0.717, 1.165) is 32.1 Å². The Labute approximate surface area is 300 Å². The molecular formula is C44H85NO3. The van der Waals surface area contributed by atoms with Crippen LogP contribution in [0.2, 0.25) is 0 Å². The number of hydrogen-bond donors (Lipinski definition) is 3. The summed E-state index contributed by atoms with van der Waals surface area (Å²) in [6.45, 7) is 4.34. The standard InChI is InChI=1S/C44H85NO3/c1-3-5-7-9-11-13-15-16-17-18-19-20-21-22-23-24-25-26-27-28-30-32-34-36-38-40-44(48)45-42(41-46)43(47)39-37-35-33-31-29-14-12-10-8-6-4-2/h15-16,18-19,42-43,46-47H,3-14,17,20-41H2,1-2H3,(H,45,48)/b16-15-,19-18-. The predicted molar refractivity (Wildman–Crippen MR) is 212 cm³/mol. The maximum atomic E-state index is 12.4. The summed E-state index contributed by atoms with van der Waals surface area (Å²) < 4.78 is 0. The fourth-order valence-electron chi connectivity index (χ4n) is 6.63. The molecule has 0 aliphatic carbocycles. The lowest BCUT2D eigenvalue weighted by atomic mass is 10.0. The minimum atomic E-state index is -0.656. The van der Waals surface area contributed by atoms with Gasteiger partial charge in [-0.05, 0) is 44.9 Å². The molecule has 0 bridgehead atoms. The molecule has 2 unspecified atom stereocenters. The average Bonchev–Trinajstić information content (AvgIpc) is 3.09. The van der Waals surface area contributed by atoms with Gasteiger partial charge in [-0.1, -0.05) is 205 Å². The van der Waals surface area contributed by atoms with Crippen LogP contribution in [0.3, 0.4) is 0 Å². The smallest absolute Gasteiger partial charge is 0.220 e. The third kappa shape index (κ3) is 36.2. The highest BCUT2D eigenvalue weighted by atomic mass is 16.3. The van der Waals surface area contributed by atoms with Crippen LogP contribution in [0.25, 0.3) is 0 Å². The molecule has 0 aliphatic rings. The Morgan fingerprint density at radius 2 is 0.854 bits per heavy atom. The first-order chi connectivity index (χ1) is 23.7. The van der Waals surface area contributed by atoms with E-state index in [1.807, 2.05) is 0 Å². The van der Waals surface area contributed by atoms with E-state index in [1.165, 1.54) is 173 Å².